The van der Waals surface area contributed by atoms with Gasteiger partial charge < -0.3 is 4.74 Å². The molecule has 1 N–H and O–H groups in total. The zero-order chi connectivity index (χ0) is 21.1. The minimum atomic E-state index is -0.466. The second kappa shape index (κ2) is 8.36. The fourth-order valence-electron chi connectivity index (χ4n) is 2.80. The number of aromatic amines is 1. The third-order valence-electron chi connectivity index (χ3n) is 4.33. The first-order valence-corrected chi connectivity index (χ1v) is 9.42. The minimum absolute atomic E-state index is 0.141. The number of H-pyrrole nitrogens is 1. The molecule has 0 radical (unpaired) electrons. The molecule has 0 bridgehead atoms. The first-order chi connectivity index (χ1) is 13.8. The number of nitrogens with one attached hydrogen (secondary N) is 1. The van der Waals surface area contributed by atoms with Gasteiger partial charge in [-0.2, -0.15) is 14.9 Å². The molecule has 0 spiro atoms. The van der Waals surface area contributed by atoms with E-state index < -0.39 is 4.92 Å². The first kappa shape index (κ1) is 20.4. The summed E-state index contributed by atoms with van der Waals surface area (Å²) >= 11 is 5.10. The lowest BCUT2D eigenvalue weighted by Crippen LogP contribution is -1.99. The van der Waals surface area contributed by atoms with E-state index in [0.717, 1.165) is 11.1 Å². The SMILES string of the molecule is Cc1ccc(C(C)C)c(Oc2ccc(/C=N\n3c(C)n[nH]c3=S)cc2[N+](=O)[O-])c1. The molecule has 3 aromatic rings. The Morgan fingerprint density at radius 3 is 2.62 bits per heavy atom. The van der Waals surface area contributed by atoms with Crippen LogP contribution in [-0.4, -0.2) is 26.0 Å². The van der Waals surface area contributed by atoms with Gasteiger partial charge >= 0.3 is 5.69 Å². The molecule has 0 aliphatic rings. The molecule has 8 nitrogen and oxygen atoms in total. The van der Waals surface area contributed by atoms with Crippen molar-refractivity contribution in [3.05, 3.63) is 73.8 Å². The number of rotatable bonds is 6. The van der Waals surface area contributed by atoms with E-state index in [2.05, 4.69) is 29.1 Å². The van der Waals surface area contributed by atoms with Crippen LogP contribution < -0.4 is 4.74 Å². The fraction of sp³-hybridized carbons (Fsp3) is 0.250. The number of nitro groups is 1. The standard InChI is InChI=1S/C20H21N5O3S/c1-12(2)16-7-5-13(3)9-19(16)28-18-8-6-15(10-17(18)25(26)27)11-21-24-14(4)22-23-20(24)29/h5-12H,1-4H3,(H,23,29)/b21-11-. The molecule has 2 aromatic carbocycles. The zero-order valence-electron chi connectivity index (χ0n) is 16.5. The smallest absolute Gasteiger partial charge is 0.312 e. The fourth-order valence-corrected chi connectivity index (χ4v) is 3.02. The molecular weight excluding hydrogens is 390 g/mol. The summed E-state index contributed by atoms with van der Waals surface area (Å²) < 4.78 is 7.74. The molecule has 0 saturated heterocycles. The van der Waals surface area contributed by atoms with Crippen molar-refractivity contribution < 1.29 is 9.66 Å². The summed E-state index contributed by atoms with van der Waals surface area (Å²) in [5.74, 6) is 1.60. The maximum atomic E-state index is 11.6. The number of hydrogen-bond acceptors (Lipinski definition) is 6. The van der Waals surface area contributed by atoms with Crippen molar-refractivity contribution in [2.45, 2.75) is 33.6 Å². The highest BCUT2D eigenvalue weighted by atomic mass is 32.1. The highest BCUT2D eigenvalue weighted by Gasteiger charge is 2.18. The van der Waals surface area contributed by atoms with E-state index in [1.807, 2.05) is 25.1 Å². The Balaban J connectivity index is 1.97. The summed E-state index contributed by atoms with van der Waals surface area (Å²) in [7, 11) is 0. The normalized spacial score (nSPS) is 11.3. The van der Waals surface area contributed by atoms with Crippen molar-refractivity contribution in [1.82, 2.24) is 14.9 Å². The number of nitro benzene ring substituents is 1. The Hall–Kier alpha value is -3.33. The number of aryl methyl sites for hydroxylation is 2. The highest BCUT2D eigenvalue weighted by Crippen LogP contribution is 2.36. The molecule has 0 unspecified atom stereocenters. The molecule has 9 heteroatoms. The van der Waals surface area contributed by atoms with Crippen molar-refractivity contribution in [3.8, 4) is 11.5 Å². The molecule has 0 aliphatic carbocycles. The number of hydrogen-bond donors (Lipinski definition) is 1. The number of nitrogens with zero attached hydrogens (tertiary/aromatic N) is 4. The summed E-state index contributed by atoms with van der Waals surface area (Å²) in [5, 5.41) is 22.5. The Kier molecular flexibility index (Phi) is 5.88. The number of aromatic nitrogens is 3. The van der Waals surface area contributed by atoms with E-state index in [1.165, 1.54) is 17.0 Å². The van der Waals surface area contributed by atoms with Gasteiger partial charge in [-0.15, -0.1) is 0 Å². The van der Waals surface area contributed by atoms with Crippen LogP contribution in [0.1, 0.15) is 42.3 Å². The second-order valence-electron chi connectivity index (χ2n) is 6.91. The molecule has 0 atom stereocenters. The average molecular weight is 411 g/mol. The predicted octanol–water partition coefficient (Wildman–Crippen LogP) is 5.26. The molecule has 0 amide bonds. The monoisotopic (exact) mass is 411 g/mol. The predicted molar refractivity (Wildman–Crippen MR) is 114 cm³/mol. The van der Waals surface area contributed by atoms with Crippen molar-refractivity contribution in [1.29, 1.82) is 0 Å². The Morgan fingerprint density at radius 2 is 2.00 bits per heavy atom. The lowest BCUT2D eigenvalue weighted by molar-refractivity contribution is -0.385. The van der Waals surface area contributed by atoms with Gasteiger partial charge in [0.1, 0.15) is 11.6 Å². The molecule has 150 valence electrons. The molecule has 3 rings (SSSR count). The van der Waals surface area contributed by atoms with Crippen LogP contribution in [0.2, 0.25) is 0 Å². The average Bonchev–Trinajstić information content (AvgIpc) is 2.98. The molecule has 29 heavy (non-hydrogen) atoms. The van der Waals surface area contributed by atoms with Gasteiger partial charge in [-0.25, -0.2) is 0 Å². The van der Waals surface area contributed by atoms with E-state index in [4.69, 9.17) is 17.0 Å². The molecule has 1 aromatic heterocycles. The summed E-state index contributed by atoms with van der Waals surface area (Å²) in [6.07, 6.45) is 1.49. The van der Waals surface area contributed by atoms with Crippen molar-refractivity contribution in [2.75, 3.05) is 0 Å². The van der Waals surface area contributed by atoms with Gasteiger partial charge in [-0.1, -0.05) is 26.0 Å². The van der Waals surface area contributed by atoms with Gasteiger partial charge in [0.15, 0.2) is 0 Å². The third kappa shape index (κ3) is 4.57. The lowest BCUT2D eigenvalue weighted by atomic mass is 10.0. The summed E-state index contributed by atoms with van der Waals surface area (Å²) in [5.41, 5.74) is 2.40. The lowest BCUT2D eigenvalue weighted by Gasteiger charge is -2.14. The quantitative estimate of drug-likeness (QED) is 0.258. The number of benzene rings is 2. The van der Waals surface area contributed by atoms with Crippen LogP contribution in [0.3, 0.4) is 0 Å². The van der Waals surface area contributed by atoms with Crippen LogP contribution in [-0.2, 0) is 0 Å². The van der Waals surface area contributed by atoms with Gasteiger partial charge in [-0.3, -0.25) is 15.2 Å². The van der Waals surface area contributed by atoms with Gasteiger partial charge in [0, 0.05) is 11.6 Å². The second-order valence-corrected chi connectivity index (χ2v) is 7.30. The van der Waals surface area contributed by atoms with Crippen LogP contribution in [0.4, 0.5) is 5.69 Å². The highest BCUT2D eigenvalue weighted by molar-refractivity contribution is 7.71. The largest absolute Gasteiger partial charge is 0.450 e. The Morgan fingerprint density at radius 1 is 1.24 bits per heavy atom. The van der Waals surface area contributed by atoms with E-state index in [9.17, 15) is 10.1 Å². The number of ether oxygens (including phenoxy) is 1. The maximum Gasteiger partial charge on any atom is 0.312 e. The van der Waals surface area contributed by atoms with Crippen LogP contribution >= 0.6 is 12.2 Å². The van der Waals surface area contributed by atoms with Crippen LogP contribution in [0.5, 0.6) is 11.5 Å². The van der Waals surface area contributed by atoms with Crippen molar-refractivity contribution >= 4 is 24.1 Å². The van der Waals surface area contributed by atoms with Crippen molar-refractivity contribution in [2.24, 2.45) is 5.10 Å². The summed E-state index contributed by atoms with van der Waals surface area (Å²) in [6.45, 7) is 7.80. The molecule has 0 aliphatic heterocycles. The zero-order valence-corrected chi connectivity index (χ0v) is 17.4. The molecule has 0 saturated carbocycles. The summed E-state index contributed by atoms with van der Waals surface area (Å²) in [6, 6.07) is 10.6. The van der Waals surface area contributed by atoms with E-state index in [0.29, 0.717) is 21.9 Å². The Labute approximate surface area is 173 Å². The van der Waals surface area contributed by atoms with Gasteiger partial charge in [0.05, 0.1) is 11.1 Å². The molecule has 1 heterocycles. The van der Waals surface area contributed by atoms with Crippen molar-refractivity contribution in [3.63, 3.8) is 0 Å². The summed E-state index contributed by atoms with van der Waals surface area (Å²) in [4.78, 5) is 11.2. The van der Waals surface area contributed by atoms with Crippen LogP contribution in [0.15, 0.2) is 41.5 Å². The minimum Gasteiger partial charge on any atom is -0.450 e. The first-order valence-electron chi connectivity index (χ1n) is 9.01. The van der Waals surface area contributed by atoms with E-state index in [-0.39, 0.29) is 17.4 Å². The topological polar surface area (TPSA) is 98.3 Å². The van der Waals surface area contributed by atoms with Gasteiger partial charge in [0.2, 0.25) is 10.5 Å². The Bertz CT molecular complexity index is 1150. The maximum absolute atomic E-state index is 11.6. The van der Waals surface area contributed by atoms with Crippen LogP contribution in [0.25, 0.3) is 0 Å². The van der Waals surface area contributed by atoms with Gasteiger partial charge in [0.25, 0.3) is 0 Å². The van der Waals surface area contributed by atoms with E-state index in [1.54, 1.807) is 19.1 Å². The molecular formula is C20H21N5O3S. The van der Waals surface area contributed by atoms with Crippen LogP contribution in [0, 0.1) is 28.7 Å². The third-order valence-corrected chi connectivity index (χ3v) is 4.59. The van der Waals surface area contributed by atoms with Gasteiger partial charge in [-0.05, 0) is 61.3 Å². The molecule has 0 fully saturated rings. The van der Waals surface area contributed by atoms with E-state index >= 15 is 0 Å².